The molecule has 8 heteroatoms. The van der Waals surface area contributed by atoms with Gasteiger partial charge in [-0.2, -0.15) is 0 Å². The topological polar surface area (TPSA) is 76.7 Å². The van der Waals surface area contributed by atoms with Crippen LogP contribution in [0.2, 0.25) is 0 Å². The van der Waals surface area contributed by atoms with Gasteiger partial charge in [-0.25, -0.2) is 13.6 Å². The number of carbonyl (C=O) groups is 2. The molecule has 0 radical (unpaired) electrons. The van der Waals surface area contributed by atoms with E-state index >= 15 is 0 Å². The lowest BCUT2D eigenvalue weighted by Gasteiger charge is -2.27. The second kappa shape index (κ2) is 8.69. The number of para-hydroxylation sites is 1. The van der Waals surface area contributed by atoms with Crippen molar-refractivity contribution in [3.05, 3.63) is 59.2 Å². The van der Waals surface area contributed by atoms with Crippen LogP contribution in [0.5, 0.6) is 5.75 Å². The van der Waals surface area contributed by atoms with Gasteiger partial charge in [0.1, 0.15) is 5.75 Å². The molecule has 6 nitrogen and oxygen atoms in total. The number of carbonyl (C=O) groups excluding carboxylic acids is 2. The Bertz CT molecular complexity index is 889. The maximum atomic E-state index is 13.4. The van der Waals surface area contributed by atoms with Gasteiger partial charge in [0.15, 0.2) is 11.6 Å². The highest BCUT2D eigenvalue weighted by atomic mass is 19.2. The number of rotatable bonds is 5. The quantitative estimate of drug-likeness (QED) is 0.803. The minimum Gasteiger partial charge on any atom is -0.492 e. The zero-order chi connectivity index (χ0) is 20.1. The number of ether oxygens (including phenoxy) is 2. The second-order valence-electron chi connectivity index (χ2n) is 6.28. The van der Waals surface area contributed by atoms with Crippen LogP contribution in [0.25, 0.3) is 0 Å². The Balaban J connectivity index is 1.80. The van der Waals surface area contributed by atoms with Gasteiger partial charge in [0, 0.05) is 23.7 Å². The van der Waals surface area contributed by atoms with E-state index in [1.54, 1.807) is 18.2 Å². The summed E-state index contributed by atoms with van der Waals surface area (Å²) in [7, 11) is 0. The minimum atomic E-state index is -1.06. The molecule has 2 N–H and O–H groups in total. The van der Waals surface area contributed by atoms with Gasteiger partial charge in [-0.1, -0.05) is 19.1 Å². The summed E-state index contributed by atoms with van der Waals surface area (Å²) in [6.07, 6.45) is 0.713. The summed E-state index contributed by atoms with van der Waals surface area (Å²) in [6, 6.07) is 7.73. The molecule has 0 saturated carbocycles. The second-order valence-corrected chi connectivity index (χ2v) is 6.28. The number of hydrogen-bond acceptors (Lipinski definition) is 4. The Labute approximate surface area is 160 Å². The zero-order valence-electron chi connectivity index (χ0n) is 15.3. The molecule has 2 amide bonds. The summed E-state index contributed by atoms with van der Waals surface area (Å²) in [6.45, 7) is 2.52. The van der Waals surface area contributed by atoms with Crippen LogP contribution in [0, 0.1) is 11.6 Å². The first kappa shape index (κ1) is 19.6. The van der Waals surface area contributed by atoms with Crippen molar-refractivity contribution >= 4 is 17.7 Å². The van der Waals surface area contributed by atoms with Crippen LogP contribution in [0.4, 0.5) is 19.3 Å². The summed E-state index contributed by atoms with van der Waals surface area (Å²) in [5.74, 6) is -2.24. The Morgan fingerprint density at radius 1 is 1.21 bits per heavy atom. The Kier molecular flexibility index (Phi) is 6.08. The molecule has 28 heavy (non-hydrogen) atoms. The molecule has 148 valence electrons. The molecule has 1 atom stereocenters. The summed E-state index contributed by atoms with van der Waals surface area (Å²) < 4.78 is 37.1. The first-order valence-corrected chi connectivity index (χ1v) is 8.95. The molecule has 2 aromatic carbocycles. The Hall–Kier alpha value is -3.16. The summed E-state index contributed by atoms with van der Waals surface area (Å²) in [5.41, 5.74) is 1.00. The lowest BCUT2D eigenvalue weighted by atomic mass is 9.97. The van der Waals surface area contributed by atoms with E-state index in [0.717, 1.165) is 12.1 Å². The lowest BCUT2D eigenvalue weighted by molar-refractivity contribution is 0.102. The number of hydrogen-bond donors (Lipinski definition) is 2. The van der Waals surface area contributed by atoms with Crippen LogP contribution in [0.3, 0.4) is 0 Å². The number of fused-ring (bicyclic) bond motifs is 1. The fourth-order valence-electron chi connectivity index (χ4n) is 2.90. The number of amides is 2. The Morgan fingerprint density at radius 2 is 2.04 bits per heavy atom. The van der Waals surface area contributed by atoms with E-state index in [-0.39, 0.29) is 17.3 Å². The molecule has 1 aliphatic rings. The van der Waals surface area contributed by atoms with Crippen LogP contribution in [-0.2, 0) is 4.74 Å². The minimum absolute atomic E-state index is 0.120. The lowest BCUT2D eigenvalue weighted by Crippen LogP contribution is -2.33. The third-order valence-electron chi connectivity index (χ3n) is 4.23. The van der Waals surface area contributed by atoms with Gasteiger partial charge in [-0.15, -0.1) is 0 Å². The molecule has 0 spiro atoms. The standard InChI is InChI=1S/C20H20F2N2O4/c1-2-9-28-20(26)24-17-8-10-27-18-13(17)4-3-5-14(18)19(25)23-12-6-7-15(21)16(22)11-12/h3-7,11,17H,2,8-10H2,1H3,(H,23,25)(H,24,26)/t17-/m0/s1. The third kappa shape index (κ3) is 4.39. The van der Waals surface area contributed by atoms with Crippen molar-refractivity contribution in [3.8, 4) is 5.75 Å². The first-order chi connectivity index (χ1) is 13.5. The van der Waals surface area contributed by atoms with Gasteiger partial charge in [-0.3, -0.25) is 4.79 Å². The van der Waals surface area contributed by atoms with Gasteiger partial charge in [0.25, 0.3) is 5.91 Å². The van der Waals surface area contributed by atoms with E-state index in [1.807, 2.05) is 6.92 Å². The van der Waals surface area contributed by atoms with E-state index < -0.39 is 23.6 Å². The number of halogens is 2. The van der Waals surface area contributed by atoms with Gasteiger partial charge in [0.2, 0.25) is 0 Å². The zero-order valence-corrected chi connectivity index (χ0v) is 15.3. The first-order valence-electron chi connectivity index (χ1n) is 8.95. The van der Waals surface area contributed by atoms with Crippen molar-refractivity contribution in [3.63, 3.8) is 0 Å². The van der Waals surface area contributed by atoms with Crippen LogP contribution < -0.4 is 15.4 Å². The maximum absolute atomic E-state index is 13.4. The molecule has 2 aromatic rings. The summed E-state index contributed by atoms with van der Waals surface area (Å²) in [4.78, 5) is 24.5. The normalized spacial score (nSPS) is 15.2. The van der Waals surface area contributed by atoms with Crippen LogP contribution >= 0.6 is 0 Å². The van der Waals surface area contributed by atoms with E-state index in [0.29, 0.717) is 37.4 Å². The third-order valence-corrected chi connectivity index (χ3v) is 4.23. The molecular weight excluding hydrogens is 370 g/mol. The van der Waals surface area contributed by atoms with E-state index in [4.69, 9.17) is 9.47 Å². The predicted octanol–water partition coefficient (Wildman–Crippen LogP) is 4.18. The highest BCUT2D eigenvalue weighted by molar-refractivity contribution is 6.06. The van der Waals surface area contributed by atoms with Crippen molar-refractivity contribution in [1.82, 2.24) is 5.32 Å². The van der Waals surface area contributed by atoms with E-state index in [2.05, 4.69) is 10.6 Å². The van der Waals surface area contributed by atoms with E-state index in [9.17, 15) is 18.4 Å². The van der Waals surface area contributed by atoms with Crippen LogP contribution in [0.15, 0.2) is 36.4 Å². The van der Waals surface area contributed by atoms with Crippen molar-refractivity contribution < 1.29 is 27.8 Å². The fraction of sp³-hybridized carbons (Fsp3) is 0.300. The Morgan fingerprint density at radius 3 is 2.79 bits per heavy atom. The molecular formula is C20H20F2N2O4. The highest BCUT2D eigenvalue weighted by Gasteiger charge is 2.27. The van der Waals surface area contributed by atoms with Gasteiger partial charge >= 0.3 is 6.09 Å². The summed E-state index contributed by atoms with van der Waals surface area (Å²) >= 11 is 0. The van der Waals surface area contributed by atoms with Crippen LogP contribution in [-0.4, -0.2) is 25.2 Å². The summed E-state index contributed by atoms with van der Waals surface area (Å²) in [5, 5.41) is 5.30. The number of nitrogens with one attached hydrogen (secondary N) is 2. The average molecular weight is 390 g/mol. The molecule has 0 fully saturated rings. The maximum Gasteiger partial charge on any atom is 0.407 e. The monoisotopic (exact) mass is 390 g/mol. The fourth-order valence-corrected chi connectivity index (χ4v) is 2.90. The predicted molar refractivity (Wildman–Crippen MR) is 98.4 cm³/mol. The largest absolute Gasteiger partial charge is 0.492 e. The average Bonchev–Trinajstić information content (AvgIpc) is 2.69. The smallest absolute Gasteiger partial charge is 0.407 e. The molecule has 0 bridgehead atoms. The molecule has 0 aromatic heterocycles. The molecule has 3 rings (SSSR count). The SMILES string of the molecule is CCCOC(=O)N[C@H]1CCOc2c(C(=O)Nc3ccc(F)c(F)c3)cccc21. The molecule has 1 heterocycles. The highest BCUT2D eigenvalue weighted by Crippen LogP contribution is 2.35. The van der Waals surface area contributed by atoms with Gasteiger partial charge in [-0.05, 0) is 24.6 Å². The van der Waals surface area contributed by atoms with Crippen molar-refractivity contribution in [2.24, 2.45) is 0 Å². The number of benzene rings is 2. The van der Waals surface area contributed by atoms with Gasteiger partial charge < -0.3 is 20.1 Å². The van der Waals surface area contributed by atoms with Crippen molar-refractivity contribution in [2.45, 2.75) is 25.8 Å². The van der Waals surface area contributed by atoms with E-state index in [1.165, 1.54) is 6.07 Å². The van der Waals surface area contributed by atoms with Crippen molar-refractivity contribution in [1.29, 1.82) is 0 Å². The molecule has 0 unspecified atom stereocenters. The molecule has 0 aliphatic carbocycles. The molecule has 1 aliphatic heterocycles. The van der Waals surface area contributed by atoms with Crippen LogP contribution in [0.1, 0.15) is 41.7 Å². The van der Waals surface area contributed by atoms with Gasteiger partial charge in [0.05, 0.1) is 24.8 Å². The number of alkyl carbamates (subject to hydrolysis) is 1. The molecule has 0 saturated heterocycles. The van der Waals surface area contributed by atoms with Crippen molar-refractivity contribution in [2.75, 3.05) is 18.5 Å². The number of anilines is 1.